The molecule has 1 aliphatic carbocycles. The molecule has 1 saturated carbocycles. The molecular formula is C8H18N2O3S. The van der Waals surface area contributed by atoms with Crippen molar-refractivity contribution in [3.8, 4) is 0 Å². The first-order valence-electron chi connectivity index (χ1n) is 4.72. The van der Waals surface area contributed by atoms with Crippen LogP contribution in [0.15, 0.2) is 0 Å². The van der Waals surface area contributed by atoms with E-state index in [4.69, 9.17) is 0 Å². The third-order valence-electron chi connectivity index (χ3n) is 2.34. The lowest BCUT2D eigenvalue weighted by atomic mass is 10.0. The molecule has 0 aromatic rings. The van der Waals surface area contributed by atoms with Gasteiger partial charge in [0.2, 0.25) is 0 Å². The van der Waals surface area contributed by atoms with Crippen LogP contribution in [0, 0.1) is 0 Å². The van der Waals surface area contributed by atoms with E-state index in [2.05, 4.69) is 9.44 Å². The van der Waals surface area contributed by atoms with Crippen molar-refractivity contribution < 1.29 is 13.5 Å². The van der Waals surface area contributed by atoms with E-state index in [0.29, 0.717) is 0 Å². The van der Waals surface area contributed by atoms with Crippen LogP contribution in [-0.4, -0.2) is 31.2 Å². The predicted molar refractivity (Wildman–Crippen MR) is 54.0 cm³/mol. The first-order valence-corrected chi connectivity index (χ1v) is 6.20. The Labute approximate surface area is 85.1 Å². The third-order valence-corrected chi connectivity index (χ3v) is 3.78. The second-order valence-electron chi connectivity index (χ2n) is 4.40. The lowest BCUT2D eigenvalue weighted by Crippen LogP contribution is -2.54. The fourth-order valence-electron chi connectivity index (χ4n) is 0.882. The van der Waals surface area contributed by atoms with Gasteiger partial charge in [0.05, 0.1) is 11.6 Å². The lowest BCUT2D eigenvalue weighted by molar-refractivity contribution is 0.111. The standard InChI is InChI=1S/C8H18N2O3S/c1-6(11)8(2,3)10-14(12,13)9-7-4-5-7/h6-7,9-11H,4-5H2,1-3H3. The van der Waals surface area contributed by atoms with Crippen molar-refractivity contribution in [3.63, 3.8) is 0 Å². The Morgan fingerprint density at radius 2 is 1.93 bits per heavy atom. The Hall–Kier alpha value is -0.170. The Balaban J connectivity index is 2.56. The Bertz CT molecular complexity index is 294. The summed E-state index contributed by atoms with van der Waals surface area (Å²) in [5.41, 5.74) is -0.847. The molecule has 1 atom stereocenters. The van der Waals surface area contributed by atoms with Gasteiger partial charge in [-0.2, -0.15) is 17.9 Å². The molecule has 0 spiro atoms. The monoisotopic (exact) mass is 222 g/mol. The molecule has 0 aromatic heterocycles. The number of aliphatic hydroxyl groups is 1. The van der Waals surface area contributed by atoms with Crippen LogP contribution in [0.2, 0.25) is 0 Å². The average Bonchev–Trinajstić information content (AvgIpc) is 2.67. The number of aliphatic hydroxyl groups excluding tert-OH is 1. The summed E-state index contributed by atoms with van der Waals surface area (Å²) in [6.07, 6.45) is 1.06. The molecule has 0 radical (unpaired) electrons. The molecule has 3 N–H and O–H groups in total. The van der Waals surface area contributed by atoms with Gasteiger partial charge in [0.1, 0.15) is 0 Å². The normalized spacial score (nSPS) is 20.9. The van der Waals surface area contributed by atoms with Crippen LogP contribution < -0.4 is 9.44 Å². The summed E-state index contributed by atoms with van der Waals surface area (Å²) in [6, 6.07) is 0.0808. The van der Waals surface area contributed by atoms with Crippen molar-refractivity contribution in [1.82, 2.24) is 9.44 Å². The number of rotatable bonds is 5. The molecule has 84 valence electrons. The second kappa shape index (κ2) is 3.77. The summed E-state index contributed by atoms with van der Waals surface area (Å²) in [6.45, 7) is 4.84. The molecule has 0 heterocycles. The number of hydrogen-bond donors (Lipinski definition) is 3. The molecule has 14 heavy (non-hydrogen) atoms. The molecular weight excluding hydrogens is 204 g/mol. The average molecular weight is 222 g/mol. The van der Waals surface area contributed by atoms with Crippen LogP contribution in [0.3, 0.4) is 0 Å². The molecule has 0 saturated heterocycles. The summed E-state index contributed by atoms with van der Waals surface area (Å²) < 4.78 is 27.8. The fourth-order valence-corrected chi connectivity index (χ4v) is 2.48. The number of nitrogens with one attached hydrogen (secondary N) is 2. The van der Waals surface area contributed by atoms with Gasteiger partial charge in [-0.15, -0.1) is 0 Å². The summed E-state index contributed by atoms with van der Waals surface area (Å²) >= 11 is 0. The first kappa shape index (κ1) is 11.9. The van der Waals surface area contributed by atoms with E-state index >= 15 is 0 Å². The first-order chi connectivity index (χ1) is 6.23. The van der Waals surface area contributed by atoms with E-state index < -0.39 is 21.9 Å². The van der Waals surface area contributed by atoms with E-state index in [1.165, 1.54) is 0 Å². The van der Waals surface area contributed by atoms with Crippen LogP contribution in [-0.2, 0) is 10.2 Å². The number of hydrogen-bond acceptors (Lipinski definition) is 3. The quantitative estimate of drug-likeness (QED) is 0.599. The van der Waals surface area contributed by atoms with Crippen molar-refractivity contribution >= 4 is 10.2 Å². The van der Waals surface area contributed by atoms with Gasteiger partial charge in [-0.25, -0.2) is 0 Å². The van der Waals surface area contributed by atoms with Gasteiger partial charge in [0.15, 0.2) is 0 Å². The highest BCUT2D eigenvalue weighted by molar-refractivity contribution is 7.87. The molecule has 5 nitrogen and oxygen atoms in total. The zero-order valence-electron chi connectivity index (χ0n) is 8.74. The maximum absolute atomic E-state index is 11.5. The van der Waals surface area contributed by atoms with Gasteiger partial charge in [-0.1, -0.05) is 0 Å². The molecule has 0 aliphatic heterocycles. The summed E-state index contributed by atoms with van der Waals surface area (Å²) in [5, 5.41) is 9.34. The zero-order chi connectivity index (χ0) is 11.0. The van der Waals surface area contributed by atoms with Crippen LogP contribution in [0.4, 0.5) is 0 Å². The molecule has 1 unspecified atom stereocenters. The van der Waals surface area contributed by atoms with Gasteiger partial charge in [0, 0.05) is 6.04 Å². The summed E-state index contributed by atoms with van der Waals surface area (Å²) in [7, 11) is -3.48. The smallest absolute Gasteiger partial charge is 0.277 e. The third kappa shape index (κ3) is 3.53. The van der Waals surface area contributed by atoms with Crippen LogP contribution >= 0.6 is 0 Å². The van der Waals surface area contributed by atoms with E-state index in [1.54, 1.807) is 20.8 Å². The SMILES string of the molecule is CC(O)C(C)(C)NS(=O)(=O)NC1CC1. The van der Waals surface area contributed by atoms with Crippen molar-refractivity contribution in [3.05, 3.63) is 0 Å². The van der Waals surface area contributed by atoms with E-state index in [1.807, 2.05) is 0 Å². The largest absolute Gasteiger partial charge is 0.391 e. The minimum atomic E-state index is -3.48. The highest BCUT2D eigenvalue weighted by Gasteiger charge is 2.33. The van der Waals surface area contributed by atoms with E-state index in [0.717, 1.165) is 12.8 Å². The topological polar surface area (TPSA) is 78.4 Å². The zero-order valence-corrected chi connectivity index (χ0v) is 9.56. The van der Waals surface area contributed by atoms with Gasteiger partial charge in [0.25, 0.3) is 10.2 Å². The van der Waals surface area contributed by atoms with Crippen molar-refractivity contribution in [1.29, 1.82) is 0 Å². The van der Waals surface area contributed by atoms with Gasteiger partial charge in [-0.05, 0) is 33.6 Å². The summed E-state index contributed by atoms with van der Waals surface area (Å²) in [5.74, 6) is 0. The Morgan fingerprint density at radius 3 is 2.29 bits per heavy atom. The van der Waals surface area contributed by atoms with Crippen molar-refractivity contribution in [2.75, 3.05) is 0 Å². The van der Waals surface area contributed by atoms with Crippen molar-refractivity contribution in [2.45, 2.75) is 51.3 Å². The minimum absolute atomic E-state index is 0.0808. The van der Waals surface area contributed by atoms with Crippen LogP contribution in [0.5, 0.6) is 0 Å². The molecule has 0 amide bonds. The van der Waals surface area contributed by atoms with Gasteiger partial charge in [-0.3, -0.25) is 0 Å². The summed E-state index contributed by atoms with van der Waals surface area (Å²) in [4.78, 5) is 0. The molecule has 1 aliphatic rings. The lowest BCUT2D eigenvalue weighted by Gasteiger charge is -2.28. The van der Waals surface area contributed by atoms with Crippen LogP contribution in [0.25, 0.3) is 0 Å². The van der Waals surface area contributed by atoms with Gasteiger partial charge < -0.3 is 5.11 Å². The van der Waals surface area contributed by atoms with E-state index in [9.17, 15) is 13.5 Å². The van der Waals surface area contributed by atoms with Crippen molar-refractivity contribution in [2.24, 2.45) is 0 Å². The molecule has 1 rings (SSSR count). The Kier molecular flexibility index (Phi) is 3.20. The van der Waals surface area contributed by atoms with Crippen LogP contribution in [0.1, 0.15) is 33.6 Å². The molecule has 0 aromatic carbocycles. The van der Waals surface area contributed by atoms with E-state index in [-0.39, 0.29) is 6.04 Å². The molecule has 0 bridgehead atoms. The fraction of sp³-hybridized carbons (Fsp3) is 1.00. The van der Waals surface area contributed by atoms with Gasteiger partial charge >= 0.3 is 0 Å². The minimum Gasteiger partial charge on any atom is -0.391 e. The Morgan fingerprint density at radius 1 is 1.43 bits per heavy atom. The maximum Gasteiger partial charge on any atom is 0.277 e. The molecule has 1 fully saturated rings. The molecule has 6 heteroatoms. The highest BCUT2D eigenvalue weighted by atomic mass is 32.2. The maximum atomic E-state index is 11.5. The second-order valence-corrected chi connectivity index (χ2v) is 5.84. The highest BCUT2D eigenvalue weighted by Crippen LogP contribution is 2.20. The predicted octanol–water partition coefficient (Wildman–Crippen LogP) is -0.268.